The van der Waals surface area contributed by atoms with Gasteiger partial charge in [0.05, 0.1) is 25.1 Å². The Labute approximate surface area is 130 Å². The number of nitro groups is 1. The first-order valence-electron chi connectivity index (χ1n) is 6.07. The molecule has 1 aromatic carbocycles. The van der Waals surface area contributed by atoms with Gasteiger partial charge < -0.3 is 14.5 Å². The fourth-order valence-electron chi connectivity index (χ4n) is 1.56. The number of rotatable bonds is 5. The molecule has 0 radical (unpaired) electrons. The number of hydrazone groups is 1. The van der Waals surface area contributed by atoms with Crippen molar-refractivity contribution in [3.05, 3.63) is 52.3 Å². The number of methoxy groups -OCH3 is 1. The van der Waals surface area contributed by atoms with Gasteiger partial charge in [0.2, 0.25) is 0 Å². The summed E-state index contributed by atoms with van der Waals surface area (Å²) in [5.74, 6) is 0.521. The van der Waals surface area contributed by atoms with Gasteiger partial charge in [-0.3, -0.25) is 15.5 Å². The Morgan fingerprint density at radius 2 is 2.18 bits per heavy atom. The first-order chi connectivity index (χ1) is 10.6. The average Bonchev–Trinajstić information content (AvgIpc) is 2.97. The molecule has 0 aliphatic rings. The summed E-state index contributed by atoms with van der Waals surface area (Å²) in [5.41, 5.74) is 3.26. The van der Waals surface area contributed by atoms with E-state index in [1.807, 2.05) is 12.1 Å². The maximum Gasteiger partial charge on any atom is 0.433 e. The number of para-hydroxylation sites is 2. The van der Waals surface area contributed by atoms with Gasteiger partial charge in [0.15, 0.2) is 10.9 Å². The lowest BCUT2D eigenvalue weighted by Gasteiger charge is -2.10. The minimum absolute atomic E-state index is 0.235. The van der Waals surface area contributed by atoms with Gasteiger partial charge in [-0.1, -0.05) is 12.1 Å². The number of anilines is 1. The van der Waals surface area contributed by atoms with Crippen molar-refractivity contribution in [3.63, 3.8) is 0 Å². The first-order valence-corrected chi connectivity index (χ1v) is 6.48. The molecule has 2 rings (SSSR count). The summed E-state index contributed by atoms with van der Waals surface area (Å²) >= 11 is 5.08. The molecule has 9 heteroatoms. The smallest absolute Gasteiger partial charge is 0.433 e. The van der Waals surface area contributed by atoms with Crippen molar-refractivity contribution in [2.24, 2.45) is 5.10 Å². The Bertz CT molecular complexity index is 714. The van der Waals surface area contributed by atoms with Crippen LogP contribution in [0.25, 0.3) is 0 Å². The molecule has 0 amide bonds. The van der Waals surface area contributed by atoms with Gasteiger partial charge in [-0.25, -0.2) is 0 Å². The van der Waals surface area contributed by atoms with Crippen molar-refractivity contribution in [2.75, 3.05) is 12.4 Å². The molecule has 2 aromatic rings. The Morgan fingerprint density at radius 1 is 1.41 bits per heavy atom. The topological polar surface area (TPSA) is 102 Å². The van der Waals surface area contributed by atoms with E-state index in [1.165, 1.54) is 18.3 Å². The molecule has 2 N–H and O–H groups in total. The van der Waals surface area contributed by atoms with Crippen LogP contribution in [0.1, 0.15) is 5.76 Å². The Hall–Kier alpha value is -2.94. The van der Waals surface area contributed by atoms with Crippen LogP contribution in [0.4, 0.5) is 11.6 Å². The molecule has 1 heterocycles. The Balaban J connectivity index is 1.92. The summed E-state index contributed by atoms with van der Waals surface area (Å²) in [5, 5.41) is 17.5. The predicted molar refractivity (Wildman–Crippen MR) is 85.3 cm³/mol. The van der Waals surface area contributed by atoms with Crippen LogP contribution in [0.2, 0.25) is 0 Å². The number of nitrogens with one attached hydrogen (secondary N) is 2. The number of benzene rings is 1. The molecule has 0 spiro atoms. The maximum atomic E-state index is 10.5. The molecule has 0 atom stereocenters. The van der Waals surface area contributed by atoms with Crippen LogP contribution >= 0.6 is 12.2 Å². The molecule has 8 nitrogen and oxygen atoms in total. The van der Waals surface area contributed by atoms with Crippen LogP contribution in [0.15, 0.2) is 45.9 Å². The van der Waals surface area contributed by atoms with Crippen LogP contribution in [0.3, 0.4) is 0 Å². The fourth-order valence-corrected chi connectivity index (χ4v) is 1.73. The minimum atomic E-state index is -0.626. The molecular formula is C13H12N4O4S. The number of furan rings is 1. The second-order valence-corrected chi connectivity index (χ2v) is 4.37. The third-order valence-electron chi connectivity index (χ3n) is 2.51. The number of ether oxygens (including phenoxy) is 1. The highest BCUT2D eigenvalue weighted by Crippen LogP contribution is 2.22. The zero-order valence-electron chi connectivity index (χ0n) is 11.5. The van der Waals surface area contributed by atoms with Gasteiger partial charge in [-0.05, 0) is 30.4 Å². The van der Waals surface area contributed by atoms with Crippen LogP contribution in [0, 0.1) is 10.1 Å². The van der Waals surface area contributed by atoms with Crippen molar-refractivity contribution >= 4 is 35.1 Å². The second kappa shape index (κ2) is 7.18. The lowest BCUT2D eigenvalue weighted by molar-refractivity contribution is -0.402. The lowest BCUT2D eigenvalue weighted by Crippen LogP contribution is -2.24. The molecule has 0 unspecified atom stereocenters. The summed E-state index contributed by atoms with van der Waals surface area (Å²) in [6.07, 6.45) is 1.28. The average molecular weight is 320 g/mol. The first kappa shape index (κ1) is 15.4. The minimum Gasteiger partial charge on any atom is -0.495 e. The Kier molecular flexibility index (Phi) is 5.04. The van der Waals surface area contributed by atoms with E-state index in [9.17, 15) is 10.1 Å². The van der Waals surface area contributed by atoms with E-state index in [0.29, 0.717) is 11.4 Å². The van der Waals surface area contributed by atoms with Crippen molar-refractivity contribution in [3.8, 4) is 5.75 Å². The van der Waals surface area contributed by atoms with Crippen molar-refractivity contribution in [1.82, 2.24) is 5.43 Å². The van der Waals surface area contributed by atoms with Gasteiger partial charge in [0.25, 0.3) is 0 Å². The van der Waals surface area contributed by atoms with Crippen LogP contribution in [-0.2, 0) is 0 Å². The molecule has 0 bridgehead atoms. The third-order valence-corrected chi connectivity index (χ3v) is 2.70. The second-order valence-electron chi connectivity index (χ2n) is 3.96. The molecule has 0 saturated heterocycles. The van der Waals surface area contributed by atoms with Crippen LogP contribution < -0.4 is 15.5 Å². The number of nitrogens with zero attached hydrogens (tertiary/aromatic N) is 2. The van der Waals surface area contributed by atoms with E-state index in [0.717, 1.165) is 0 Å². The fraction of sp³-hybridized carbons (Fsp3) is 0.0769. The van der Waals surface area contributed by atoms with Crippen molar-refractivity contribution in [2.45, 2.75) is 0 Å². The molecular weight excluding hydrogens is 308 g/mol. The third kappa shape index (κ3) is 4.03. The summed E-state index contributed by atoms with van der Waals surface area (Å²) in [7, 11) is 1.55. The highest BCUT2D eigenvalue weighted by molar-refractivity contribution is 7.80. The van der Waals surface area contributed by atoms with Gasteiger partial charge in [0.1, 0.15) is 10.7 Å². The molecule has 0 aliphatic carbocycles. The maximum absolute atomic E-state index is 10.5. The lowest BCUT2D eigenvalue weighted by atomic mass is 10.3. The van der Waals surface area contributed by atoms with Crippen molar-refractivity contribution < 1.29 is 14.1 Å². The highest BCUT2D eigenvalue weighted by Gasteiger charge is 2.10. The molecule has 0 saturated carbocycles. The summed E-state index contributed by atoms with van der Waals surface area (Å²) in [6, 6.07) is 9.93. The van der Waals surface area contributed by atoms with E-state index >= 15 is 0 Å². The SMILES string of the molecule is COc1ccccc1NC(=S)N/N=C\c1ccc([N+](=O)[O-])o1. The zero-order chi connectivity index (χ0) is 15.9. The summed E-state index contributed by atoms with van der Waals surface area (Å²) < 4.78 is 10.1. The van der Waals surface area contributed by atoms with Gasteiger partial charge in [-0.15, -0.1) is 0 Å². The van der Waals surface area contributed by atoms with E-state index < -0.39 is 4.92 Å². The van der Waals surface area contributed by atoms with Gasteiger partial charge in [-0.2, -0.15) is 5.10 Å². The summed E-state index contributed by atoms with van der Waals surface area (Å²) in [6.45, 7) is 0. The zero-order valence-corrected chi connectivity index (χ0v) is 12.3. The van der Waals surface area contributed by atoms with E-state index in [1.54, 1.807) is 19.2 Å². The number of hydrogen-bond acceptors (Lipinski definition) is 6. The van der Waals surface area contributed by atoms with Crippen LogP contribution in [0.5, 0.6) is 5.75 Å². The van der Waals surface area contributed by atoms with Gasteiger partial charge >= 0.3 is 5.88 Å². The molecule has 22 heavy (non-hydrogen) atoms. The van der Waals surface area contributed by atoms with Crippen LogP contribution in [-0.4, -0.2) is 23.4 Å². The largest absolute Gasteiger partial charge is 0.495 e. The van der Waals surface area contributed by atoms with E-state index in [4.69, 9.17) is 21.4 Å². The number of hydrogen-bond donors (Lipinski definition) is 2. The molecule has 0 fully saturated rings. The summed E-state index contributed by atoms with van der Waals surface area (Å²) in [4.78, 5) is 9.84. The molecule has 1 aromatic heterocycles. The Morgan fingerprint density at radius 3 is 2.86 bits per heavy atom. The highest BCUT2D eigenvalue weighted by atomic mass is 32.1. The van der Waals surface area contributed by atoms with Gasteiger partial charge in [0, 0.05) is 0 Å². The van der Waals surface area contributed by atoms with E-state index in [2.05, 4.69) is 15.8 Å². The van der Waals surface area contributed by atoms with E-state index in [-0.39, 0.29) is 16.8 Å². The van der Waals surface area contributed by atoms with Crippen molar-refractivity contribution in [1.29, 1.82) is 0 Å². The normalized spacial score (nSPS) is 10.4. The molecule has 0 aliphatic heterocycles. The standard InChI is InChI=1S/C13H12N4O4S/c1-20-11-5-3-2-4-10(11)15-13(22)16-14-8-9-6-7-12(21-9)17(18)19/h2-8H,1H3,(H2,15,16,22)/b14-8-. The predicted octanol–water partition coefficient (Wildman–Crippen LogP) is 2.52. The monoisotopic (exact) mass is 320 g/mol. The quantitative estimate of drug-likeness (QED) is 0.378. The number of thiocarbonyl (C=S) groups is 1. The molecule has 114 valence electrons.